The molecule has 2 N–H and O–H groups in total. The molecule has 1 atom stereocenters. The van der Waals surface area contributed by atoms with Gasteiger partial charge in [-0.05, 0) is 49.4 Å². The summed E-state index contributed by atoms with van der Waals surface area (Å²) >= 11 is 0. The fraction of sp³-hybridized carbons (Fsp3) is 0.381. The molecule has 2 aromatic rings. The zero-order valence-corrected chi connectivity index (χ0v) is 16.1. The van der Waals surface area contributed by atoms with E-state index in [-0.39, 0.29) is 24.4 Å². The van der Waals surface area contributed by atoms with Gasteiger partial charge in [-0.3, -0.25) is 4.79 Å². The van der Waals surface area contributed by atoms with Gasteiger partial charge in [-0.2, -0.15) is 0 Å². The van der Waals surface area contributed by atoms with Gasteiger partial charge in [0, 0.05) is 5.56 Å². The standard InChI is InChI=1S/C21H26N2O2.ClH/c1-15(23-21(24)14-22-13-16-7-8-16)17-9-11-18(12-10-17)19-5-3-4-6-20(19)25-2;/h3-6,9-12,15-16,22H,7-8,13-14H2,1-2H3,(H,23,24);1H. The maximum Gasteiger partial charge on any atom is 0.234 e. The summed E-state index contributed by atoms with van der Waals surface area (Å²) in [6.45, 7) is 3.35. The van der Waals surface area contributed by atoms with Crippen LogP contribution in [0.3, 0.4) is 0 Å². The molecule has 0 spiro atoms. The molecule has 1 aliphatic rings. The van der Waals surface area contributed by atoms with Gasteiger partial charge in [-0.15, -0.1) is 12.4 Å². The van der Waals surface area contributed by atoms with Crippen LogP contribution in [-0.2, 0) is 4.79 Å². The van der Waals surface area contributed by atoms with E-state index in [1.807, 2.05) is 31.2 Å². The first kappa shape index (κ1) is 20.3. The number of halogens is 1. The Kier molecular flexibility index (Phi) is 7.49. The molecule has 0 radical (unpaired) electrons. The highest BCUT2D eigenvalue weighted by Gasteiger charge is 2.20. The summed E-state index contributed by atoms with van der Waals surface area (Å²) in [6.07, 6.45) is 2.59. The molecular formula is C21H27ClN2O2. The molecule has 0 saturated heterocycles. The smallest absolute Gasteiger partial charge is 0.234 e. The number of carbonyl (C=O) groups excluding carboxylic acids is 1. The molecule has 0 aliphatic heterocycles. The second-order valence-electron chi connectivity index (χ2n) is 6.69. The lowest BCUT2D eigenvalue weighted by atomic mass is 10.0. The van der Waals surface area contributed by atoms with Crippen LogP contribution in [0.15, 0.2) is 48.5 Å². The van der Waals surface area contributed by atoms with Crippen LogP contribution < -0.4 is 15.4 Å². The van der Waals surface area contributed by atoms with Crippen LogP contribution in [0.4, 0.5) is 0 Å². The molecule has 1 unspecified atom stereocenters. The fourth-order valence-electron chi connectivity index (χ4n) is 2.92. The van der Waals surface area contributed by atoms with Crippen molar-refractivity contribution in [3.63, 3.8) is 0 Å². The summed E-state index contributed by atoms with van der Waals surface area (Å²) in [5.41, 5.74) is 3.26. The van der Waals surface area contributed by atoms with Crippen molar-refractivity contribution in [3.8, 4) is 16.9 Å². The predicted octanol–water partition coefficient (Wildman–Crippen LogP) is 3.96. The molecule has 0 heterocycles. The molecule has 1 saturated carbocycles. The number of rotatable bonds is 8. The van der Waals surface area contributed by atoms with Gasteiger partial charge in [-0.1, -0.05) is 42.5 Å². The van der Waals surface area contributed by atoms with E-state index < -0.39 is 0 Å². The first-order chi connectivity index (χ1) is 12.2. The molecule has 140 valence electrons. The Labute approximate surface area is 161 Å². The van der Waals surface area contributed by atoms with E-state index in [1.54, 1.807) is 7.11 Å². The number of hydrogen-bond acceptors (Lipinski definition) is 3. The number of ether oxygens (including phenoxy) is 1. The van der Waals surface area contributed by atoms with Crippen LogP contribution in [0.1, 0.15) is 31.4 Å². The molecule has 0 bridgehead atoms. The van der Waals surface area contributed by atoms with Crippen LogP contribution in [0.2, 0.25) is 0 Å². The average molecular weight is 375 g/mol. The van der Waals surface area contributed by atoms with Crippen LogP contribution >= 0.6 is 12.4 Å². The van der Waals surface area contributed by atoms with Crippen LogP contribution in [0.5, 0.6) is 5.75 Å². The molecule has 5 heteroatoms. The third-order valence-corrected chi connectivity index (χ3v) is 4.62. The molecule has 0 aromatic heterocycles. The summed E-state index contributed by atoms with van der Waals surface area (Å²) in [7, 11) is 1.68. The third-order valence-electron chi connectivity index (χ3n) is 4.62. The SMILES string of the molecule is COc1ccccc1-c1ccc(C(C)NC(=O)CNCC2CC2)cc1.Cl. The number of methoxy groups -OCH3 is 1. The number of nitrogens with one attached hydrogen (secondary N) is 2. The minimum absolute atomic E-state index is 0. The van der Waals surface area contributed by atoms with Gasteiger partial charge in [-0.25, -0.2) is 0 Å². The Bertz CT molecular complexity index is 714. The Hall–Kier alpha value is -2.04. The molecule has 3 rings (SSSR count). The van der Waals surface area contributed by atoms with Crippen molar-refractivity contribution in [1.82, 2.24) is 10.6 Å². The summed E-state index contributed by atoms with van der Waals surface area (Å²) in [4.78, 5) is 12.0. The minimum Gasteiger partial charge on any atom is -0.496 e. The Morgan fingerprint density at radius 3 is 2.50 bits per heavy atom. The summed E-state index contributed by atoms with van der Waals surface area (Å²) in [5.74, 6) is 1.69. The molecular weight excluding hydrogens is 348 g/mol. The van der Waals surface area contributed by atoms with Crippen molar-refractivity contribution in [2.45, 2.75) is 25.8 Å². The highest BCUT2D eigenvalue weighted by molar-refractivity contribution is 5.85. The van der Waals surface area contributed by atoms with E-state index in [9.17, 15) is 4.79 Å². The second-order valence-corrected chi connectivity index (χ2v) is 6.69. The van der Waals surface area contributed by atoms with Gasteiger partial charge in [0.05, 0.1) is 19.7 Å². The van der Waals surface area contributed by atoms with Crippen molar-refractivity contribution in [3.05, 3.63) is 54.1 Å². The second kappa shape index (κ2) is 9.60. The minimum atomic E-state index is -0.0121. The molecule has 1 aliphatic carbocycles. The van der Waals surface area contributed by atoms with Gasteiger partial charge >= 0.3 is 0 Å². The molecule has 4 nitrogen and oxygen atoms in total. The Morgan fingerprint density at radius 1 is 1.15 bits per heavy atom. The van der Waals surface area contributed by atoms with Gasteiger partial charge in [0.1, 0.15) is 5.75 Å². The van der Waals surface area contributed by atoms with E-state index in [0.717, 1.165) is 34.9 Å². The number of amides is 1. The predicted molar refractivity (Wildman–Crippen MR) is 108 cm³/mol. The summed E-state index contributed by atoms with van der Waals surface area (Å²) < 4.78 is 5.42. The van der Waals surface area contributed by atoms with E-state index in [4.69, 9.17) is 4.74 Å². The number of carbonyl (C=O) groups is 1. The first-order valence-electron chi connectivity index (χ1n) is 8.91. The quantitative estimate of drug-likeness (QED) is 0.735. The third kappa shape index (κ3) is 5.48. The summed E-state index contributed by atoms with van der Waals surface area (Å²) in [5, 5.41) is 6.27. The molecule has 1 fully saturated rings. The normalized spacial score (nSPS) is 14.2. The zero-order valence-electron chi connectivity index (χ0n) is 15.3. The van der Waals surface area contributed by atoms with Gasteiger partial charge in [0.2, 0.25) is 5.91 Å². The van der Waals surface area contributed by atoms with Crippen LogP contribution in [0, 0.1) is 5.92 Å². The van der Waals surface area contributed by atoms with Gasteiger partial charge in [0.15, 0.2) is 0 Å². The topological polar surface area (TPSA) is 50.4 Å². The Balaban J connectivity index is 0.00000243. The van der Waals surface area contributed by atoms with Crippen LogP contribution in [-0.4, -0.2) is 26.1 Å². The van der Waals surface area contributed by atoms with Crippen molar-refractivity contribution >= 4 is 18.3 Å². The lowest BCUT2D eigenvalue weighted by Crippen LogP contribution is -2.36. The van der Waals surface area contributed by atoms with E-state index >= 15 is 0 Å². The average Bonchev–Trinajstić information content (AvgIpc) is 3.46. The number of hydrogen-bond donors (Lipinski definition) is 2. The Morgan fingerprint density at radius 2 is 1.85 bits per heavy atom. The number of para-hydroxylation sites is 1. The first-order valence-corrected chi connectivity index (χ1v) is 8.91. The van der Waals surface area contributed by atoms with Gasteiger partial charge in [0.25, 0.3) is 0 Å². The lowest BCUT2D eigenvalue weighted by Gasteiger charge is -2.16. The monoisotopic (exact) mass is 374 g/mol. The highest BCUT2D eigenvalue weighted by atomic mass is 35.5. The zero-order chi connectivity index (χ0) is 17.6. The van der Waals surface area contributed by atoms with E-state index in [2.05, 4.69) is 34.9 Å². The van der Waals surface area contributed by atoms with Crippen molar-refractivity contribution in [1.29, 1.82) is 0 Å². The number of benzene rings is 2. The molecule has 2 aromatic carbocycles. The summed E-state index contributed by atoms with van der Waals surface area (Å²) in [6, 6.07) is 16.2. The van der Waals surface area contributed by atoms with Crippen LogP contribution in [0.25, 0.3) is 11.1 Å². The largest absolute Gasteiger partial charge is 0.496 e. The maximum atomic E-state index is 12.0. The lowest BCUT2D eigenvalue weighted by molar-refractivity contribution is -0.120. The van der Waals surface area contributed by atoms with E-state index in [0.29, 0.717) is 6.54 Å². The highest BCUT2D eigenvalue weighted by Crippen LogP contribution is 2.30. The van der Waals surface area contributed by atoms with Crippen molar-refractivity contribution in [2.75, 3.05) is 20.2 Å². The molecule has 26 heavy (non-hydrogen) atoms. The van der Waals surface area contributed by atoms with Crippen molar-refractivity contribution in [2.24, 2.45) is 5.92 Å². The maximum absolute atomic E-state index is 12.0. The fourth-order valence-corrected chi connectivity index (χ4v) is 2.92. The van der Waals surface area contributed by atoms with Crippen molar-refractivity contribution < 1.29 is 9.53 Å². The molecule has 1 amide bonds. The van der Waals surface area contributed by atoms with E-state index in [1.165, 1.54) is 12.8 Å². The van der Waals surface area contributed by atoms with Gasteiger partial charge < -0.3 is 15.4 Å².